The average molecular weight is 197 g/mol. The van der Waals surface area contributed by atoms with Crippen LogP contribution in [0.2, 0.25) is 0 Å². The van der Waals surface area contributed by atoms with E-state index < -0.39 is 5.60 Å². The van der Waals surface area contributed by atoms with Crippen molar-refractivity contribution >= 4 is 16.3 Å². The van der Waals surface area contributed by atoms with E-state index in [4.69, 9.17) is 0 Å². The maximum atomic E-state index is 9.68. The third-order valence-electron chi connectivity index (χ3n) is 1.69. The minimum Gasteiger partial charge on any atom is -0.383 e. The number of aliphatic hydroxyl groups is 1. The Bertz CT molecular complexity index is 406. The Morgan fingerprint density at radius 2 is 2.23 bits per heavy atom. The predicted molar refractivity (Wildman–Crippen MR) is 50.8 cm³/mol. The van der Waals surface area contributed by atoms with E-state index in [0.29, 0.717) is 5.01 Å². The first-order chi connectivity index (χ1) is 5.97. The van der Waals surface area contributed by atoms with Crippen LogP contribution in [0, 0.1) is 6.92 Å². The van der Waals surface area contributed by atoms with E-state index in [2.05, 4.69) is 10.1 Å². The molecule has 13 heavy (non-hydrogen) atoms. The molecule has 2 heterocycles. The number of aryl methyl sites for hydroxylation is 1. The number of hydrogen-bond donors (Lipinski definition) is 1. The quantitative estimate of drug-likeness (QED) is 0.750. The first-order valence-electron chi connectivity index (χ1n) is 4.02. The first-order valence-corrected chi connectivity index (χ1v) is 4.84. The Labute approximate surface area is 79.9 Å². The number of aromatic nitrogens is 3. The number of imidazole rings is 1. The molecule has 1 N–H and O–H groups in total. The molecule has 0 atom stereocenters. The molecule has 0 aliphatic carbocycles. The van der Waals surface area contributed by atoms with Crippen LogP contribution in [-0.2, 0) is 5.60 Å². The SMILES string of the molecule is Cc1cn2nc(C(C)(C)O)sc2n1. The molecule has 0 radical (unpaired) electrons. The summed E-state index contributed by atoms with van der Waals surface area (Å²) in [7, 11) is 0. The van der Waals surface area contributed by atoms with E-state index in [9.17, 15) is 5.11 Å². The largest absolute Gasteiger partial charge is 0.383 e. The lowest BCUT2D eigenvalue weighted by Gasteiger charge is -2.11. The average Bonchev–Trinajstić information content (AvgIpc) is 2.40. The second-order valence-electron chi connectivity index (χ2n) is 3.58. The number of hydrogen-bond acceptors (Lipinski definition) is 4. The van der Waals surface area contributed by atoms with Crippen LogP contribution in [-0.4, -0.2) is 19.7 Å². The second kappa shape index (κ2) is 2.52. The van der Waals surface area contributed by atoms with Crippen molar-refractivity contribution in [3.05, 3.63) is 16.9 Å². The second-order valence-corrected chi connectivity index (χ2v) is 4.53. The Kier molecular flexibility index (Phi) is 1.68. The van der Waals surface area contributed by atoms with Gasteiger partial charge in [0, 0.05) is 0 Å². The molecule has 0 unspecified atom stereocenters. The van der Waals surface area contributed by atoms with Gasteiger partial charge in [-0.2, -0.15) is 5.10 Å². The van der Waals surface area contributed by atoms with Crippen LogP contribution in [0.4, 0.5) is 0 Å². The molecule has 70 valence electrons. The topological polar surface area (TPSA) is 50.4 Å². The molecular weight excluding hydrogens is 186 g/mol. The van der Waals surface area contributed by atoms with Crippen LogP contribution >= 0.6 is 11.3 Å². The number of nitrogens with zero attached hydrogens (tertiary/aromatic N) is 3. The summed E-state index contributed by atoms with van der Waals surface area (Å²) in [6, 6.07) is 0. The van der Waals surface area contributed by atoms with Crippen LogP contribution in [0.1, 0.15) is 24.5 Å². The molecule has 0 aliphatic rings. The van der Waals surface area contributed by atoms with Crippen molar-refractivity contribution in [3.8, 4) is 0 Å². The number of fused-ring (bicyclic) bond motifs is 1. The summed E-state index contributed by atoms with van der Waals surface area (Å²) in [6.45, 7) is 5.36. The van der Waals surface area contributed by atoms with Crippen molar-refractivity contribution in [3.63, 3.8) is 0 Å². The molecule has 0 aromatic carbocycles. The molecule has 0 spiro atoms. The first kappa shape index (κ1) is 8.65. The molecule has 0 bridgehead atoms. The van der Waals surface area contributed by atoms with Gasteiger partial charge in [0.1, 0.15) is 10.6 Å². The van der Waals surface area contributed by atoms with Crippen molar-refractivity contribution in [1.82, 2.24) is 14.6 Å². The van der Waals surface area contributed by atoms with Gasteiger partial charge in [-0.1, -0.05) is 11.3 Å². The highest BCUT2D eigenvalue weighted by Gasteiger charge is 2.21. The molecule has 0 saturated heterocycles. The van der Waals surface area contributed by atoms with Crippen molar-refractivity contribution in [1.29, 1.82) is 0 Å². The lowest BCUT2D eigenvalue weighted by Crippen LogP contribution is -2.15. The summed E-state index contributed by atoms with van der Waals surface area (Å²) >= 11 is 1.42. The van der Waals surface area contributed by atoms with E-state index >= 15 is 0 Å². The monoisotopic (exact) mass is 197 g/mol. The van der Waals surface area contributed by atoms with Gasteiger partial charge < -0.3 is 5.11 Å². The smallest absolute Gasteiger partial charge is 0.212 e. The molecule has 2 aromatic rings. The summed E-state index contributed by atoms with van der Waals surface area (Å²) in [4.78, 5) is 5.08. The third-order valence-corrected chi connectivity index (χ3v) is 2.92. The summed E-state index contributed by atoms with van der Waals surface area (Å²) < 4.78 is 1.70. The van der Waals surface area contributed by atoms with E-state index in [1.807, 2.05) is 13.1 Å². The summed E-state index contributed by atoms with van der Waals surface area (Å²) in [5, 5.41) is 14.6. The van der Waals surface area contributed by atoms with Crippen molar-refractivity contribution in [2.75, 3.05) is 0 Å². The van der Waals surface area contributed by atoms with Gasteiger partial charge >= 0.3 is 0 Å². The summed E-state index contributed by atoms with van der Waals surface area (Å²) in [6.07, 6.45) is 1.85. The van der Waals surface area contributed by atoms with Crippen molar-refractivity contribution < 1.29 is 5.11 Å². The van der Waals surface area contributed by atoms with Gasteiger partial charge in [0.15, 0.2) is 0 Å². The van der Waals surface area contributed by atoms with E-state index in [0.717, 1.165) is 10.7 Å². The van der Waals surface area contributed by atoms with Crippen molar-refractivity contribution in [2.45, 2.75) is 26.4 Å². The Balaban J connectivity index is 2.57. The minimum absolute atomic E-state index is 0.690. The van der Waals surface area contributed by atoms with Crippen LogP contribution in [0.5, 0.6) is 0 Å². The van der Waals surface area contributed by atoms with Gasteiger partial charge in [0.25, 0.3) is 0 Å². The molecule has 0 saturated carbocycles. The molecular formula is C8H11N3OS. The van der Waals surface area contributed by atoms with Gasteiger partial charge in [-0.25, -0.2) is 9.50 Å². The van der Waals surface area contributed by atoms with E-state index in [1.54, 1.807) is 18.4 Å². The van der Waals surface area contributed by atoms with Crippen molar-refractivity contribution in [2.24, 2.45) is 0 Å². The number of rotatable bonds is 1. The molecule has 2 rings (SSSR count). The fourth-order valence-electron chi connectivity index (χ4n) is 1.06. The normalized spacial score (nSPS) is 12.6. The molecule has 2 aromatic heterocycles. The fraction of sp³-hybridized carbons (Fsp3) is 0.500. The van der Waals surface area contributed by atoms with Gasteiger partial charge in [-0.15, -0.1) is 0 Å². The summed E-state index contributed by atoms with van der Waals surface area (Å²) in [5.41, 5.74) is 0.0697. The van der Waals surface area contributed by atoms with Gasteiger partial charge in [0.2, 0.25) is 4.96 Å². The lowest BCUT2D eigenvalue weighted by atomic mass is 10.2. The molecule has 4 nitrogen and oxygen atoms in total. The zero-order chi connectivity index (χ0) is 9.64. The van der Waals surface area contributed by atoms with Crippen LogP contribution < -0.4 is 0 Å². The molecule has 0 amide bonds. The highest BCUT2D eigenvalue weighted by molar-refractivity contribution is 7.16. The highest BCUT2D eigenvalue weighted by atomic mass is 32.1. The van der Waals surface area contributed by atoms with Crippen LogP contribution in [0.3, 0.4) is 0 Å². The maximum absolute atomic E-state index is 9.68. The third kappa shape index (κ3) is 1.45. The van der Waals surface area contributed by atoms with Crippen LogP contribution in [0.15, 0.2) is 6.20 Å². The fourth-order valence-corrected chi connectivity index (χ4v) is 1.98. The highest BCUT2D eigenvalue weighted by Crippen LogP contribution is 2.24. The zero-order valence-electron chi connectivity index (χ0n) is 7.77. The standard InChI is InChI=1S/C8H11N3OS/c1-5-4-11-7(9-5)13-6(10-11)8(2,3)12/h4,12H,1-3H3. The Hall–Kier alpha value is -0.940. The predicted octanol–water partition coefficient (Wildman–Crippen LogP) is 1.33. The zero-order valence-corrected chi connectivity index (χ0v) is 8.59. The summed E-state index contributed by atoms with van der Waals surface area (Å²) in [5.74, 6) is 0. The van der Waals surface area contributed by atoms with Gasteiger partial charge in [0.05, 0.1) is 11.9 Å². The molecule has 5 heteroatoms. The lowest BCUT2D eigenvalue weighted by molar-refractivity contribution is 0.0772. The van der Waals surface area contributed by atoms with Crippen LogP contribution in [0.25, 0.3) is 4.96 Å². The van der Waals surface area contributed by atoms with E-state index in [1.165, 1.54) is 11.3 Å². The van der Waals surface area contributed by atoms with Gasteiger partial charge in [-0.05, 0) is 20.8 Å². The van der Waals surface area contributed by atoms with Gasteiger partial charge in [-0.3, -0.25) is 0 Å². The maximum Gasteiger partial charge on any atom is 0.212 e. The molecule has 0 fully saturated rings. The Morgan fingerprint density at radius 3 is 2.77 bits per heavy atom. The van der Waals surface area contributed by atoms with E-state index in [-0.39, 0.29) is 0 Å². The minimum atomic E-state index is -0.876. The Morgan fingerprint density at radius 1 is 1.54 bits per heavy atom. The molecule has 0 aliphatic heterocycles.